The Kier molecular flexibility index (Phi) is 5.99. The van der Waals surface area contributed by atoms with Crippen molar-refractivity contribution in [1.82, 2.24) is 14.4 Å². The number of hydrogen-bond acceptors (Lipinski definition) is 5. The fourth-order valence-corrected chi connectivity index (χ4v) is 5.12. The quantitative estimate of drug-likeness (QED) is 0.257. The summed E-state index contributed by atoms with van der Waals surface area (Å²) in [5.74, 6) is 0.176. The lowest BCUT2D eigenvalue weighted by molar-refractivity contribution is 0.605. The summed E-state index contributed by atoms with van der Waals surface area (Å²) in [6.45, 7) is 7.69. The van der Waals surface area contributed by atoms with Gasteiger partial charge < -0.3 is 14.1 Å². The van der Waals surface area contributed by atoms with Crippen molar-refractivity contribution in [3.63, 3.8) is 0 Å². The first-order chi connectivity index (χ1) is 18.8. The molecule has 0 radical (unpaired) electrons. The number of imidazole rings is 1. The van der Waals surface area contributed by atoms with Gasteiger partial charge in [0.25, 0.3) is 0 Å². The number of nitrogens with one attached hydrogen (secondary N) is 1. The third-order valence-electron chi connectivity index (χ3n) is 7.00. The summed E-state index contributed by atoms with van der Waals surface area (Å²) in [6.07, 6.45) is 5.51. The number of rotatable bonds is 5. The number of aromatic nitrogens is 3. The van der Waals surface area contributed by atoms with E-state index in [0.717, 1.165) is 28.0 Å². The highest BCUT2D eigenvalue weighted by molar-refractivity contribution is 5.85. The van der Waals surface area contributed by atoms with E-state index in [1.807, 2.05) is 74.0 Å². The van der Waals surface area contributed by atoms with Crippen LogP contribution in [0.25, 0.3) is 39.2 Å². The molecule has 0 spiro atoms. The van der Waals surface area contributed by atoms with Gasteiger partial charge in [-0.25, -0.2) is 9.37 Å². The maximum Gasteiger partial charge on any atom is 0.196 e. The second-order valence-electron chi connectivity index (χ2n) is 9.93. The summed E-state index contributed by atoms with van der Waals surface area (Å²) in [6, 6.07) is 17.7. The Morgan fingerprint density at radius 2 is 1.82 bits per heavy atom. The Labute approximate surface area is 224 Å². The number of anilines is 1. The summed E-state index contributed by atoms with van der Waals surface area (Å²) in [5.41, 5.74) is 6.90. The molecule has 4 aromatic heterocycles. The second-order valence-corrected chi connectivity index (χ2v) is 9.93. The lowest BCUT2D eigenvalue weighted by Crippen LogP contribution is -2.13. The van der Waals surface area contributed by atoms with E-state index in [4.69, 9.17) is 4.42 Å². The van der Waals surface area contributed by atoms with Gasteiger partial charge in [0.15, 0.2) is 5.43 Å². The standard InChI is InChI=1S/C32H27FN4O2/c1-18-14-24(21(4)36-27-10-7-13-34-29(27)23-8-5-6-9-26(23)33)32-25(15-18)30(38)20(3)31(39-32)22-11-12-28-35-19(2)16-37(28)17-22/h5-17,21,36H,1-4H3/t21-/m1/s1. The van der Waals surface area contributed by atoms with Crippen LogP contribution in [0, 0.1) is 26.6 Å². The molecular weight excluding hydrogens is 491 g/mol. The molecule has 0 saturated carbocycles. The van der Waals surface area contributed by atoms with Crippen LogP contribution in [0.3, 0.4) is 0 Å². The third-order valence-corrected chi connectivity index (χ3v) is 7.00. The van der Waals surface area contributed by atoms with Crippen LogP contribution in [0.5, 0.6) is 0 Å². The van der Waals surface area contributed by atoms with Gasteiger partial charge >= 0.3 is 0 Å². The summed E-state index contributed by atoms with van der Waals surface area (Å²) in [5, 5.41) is 4.02. The van der Waals surface area contributed by atoms with E-state index in [1.165, 1.54) is 6.07 Å². The lowest BCUT2D eigenvalue weighted by atomic mass is 9.98. The average molecular weight is 519 g/mol. The van der Waals surface area contributed by atoms with Crippen molar-refractivity contribution < 1.29 is 8.81 Å². The van der Waals surface area contributed by atoms with Crippen molar-refractivity contribution >= 4 is 22.3 Å². The van der Waals surface area contributed by atoms with E-state index >= 15 is 0 Å². The van der Waals surface area contributed by atoms with Gasteiger partial charge in [-0.05, 0) is 75.7 Å². The molecule has 0 unspecified atom stereocenters. The van der Waals surface area contributed by atoms with Crippen LogP contribution in [-0.4, -0.2) is 14.4 Å². The number of nitrogens with zero attached hydrogens (tertiary/aromatic N) is 3. The molecule has 0 saturated heterocycles. The topological polar surface area (TPSA) is 72.4 Å². The van der Waals surface area contributed by atoms with Gasteiger partial charge in [0.05, 0.1) is 28.5 Å². The Morgan fingerprint density at radius 3 is 2.64 bits per heavy atom. The number of benzene rings is 2. The fraction of sp³-hybridized carbons (Fsp3) is 0.156. The van der Waals surface area contributed by atoms with E-state index in [1.54, 1.807) is 31.3 Å². The Hall–Kier alpha value is -4.78. The monoisotopic (exact) mass is 518 g/mol. The first kappa shape index (κ1) is 24.6. The molecule has 2 aromatic carbocycles. The number of pyridine rings is 2. The van der Waals surface area contributed by atoms with Gasteiger partial charge in [-0.15, -0.1) is 0 Å². The minimum atomic E-state index is -0.343. The van der Waals surface area contributed by atoms with Crippen molar-refractivity contribution in [3.8, 4) is 22.6 Å². The highest BCUT2D eigenvalue weighted by Gasteiger charge is 2.21. The molecule has 0 fully saturated rings. The SMILES string of the molecule is Cc1cc([C@@H](C)Nc2cccnc2-c2ccccc2F)c2oc(-c3ccc4nc(C)cn4c3)c(C)c(=O)c2c1. The van der Waals surface area contributed by atoms with Gasteiger partial charge in [0.1, 0.15) is 22.8 Å². The minimum absolute atomic E-state index is 0.0706. The summed E-state index contributed by atoms with van der Waals surface area (Å²) >= 11 is 0. The minimum Gasteiger partial charge on any atom is -0.455 e. The molecule has 0 aliphatic heterocycles. The highest BCUT2D eigenvalue weighted by atomic mass is 19.1. The van der Waals surface area contributed by atoms with E-state index in [-0.39, 0.29) is 17.3 Å². The van der Waals surface area contributed by atoms with Gasteiger partial charge in [-0.1, -0.05) is 18.2 Å². The van der Waals surface area contributed by atoms with Crippen LogP contribution in [0.1, 0.15) is 35.3 Å². The predicted octanol–water partition coefficient (Wildman–Crippen LogP) is 7.41. The van der Waals surface area contributed by atoms with Crippen LogP contribution >= 0.6 is 0 Å². The summed E-state index contributed by atoms with van der Waals surface area (Å²) < 4.78 is 23.1. The van der Waals surface area contributed by atoms with E-state index in [9.17, 15) is 9.18 Å². The van der Waals surface area contributed by atoms with Crippen molar-refractivity contribution in [2.24, 2.45) is 0 Å². The summed E-state index contributed by atoms with van der Waals surface area (Å²) in [7, 11) is 0. The number of halogens is 1. The largest absolute Gasteiger partial charge is 0.455 e. The molecule has 6 aromatic rings. The lowest BCUT2D eigenvalue weighted by Gasteiger charge is -2.20. The molecule has 39 heavy (non-hydrogen) atoms. The van der Waals surface area contributed by atoms with Gasteiger partial charge in [-0.3, -0.25) is 9.78 Å². The Morgan fingerprint density at radius 1 is 1.00 bits per heavy atom. The smallest absolute Gasteiger partial charge is 0.196 e. The third kappa shape index (κ3) is 4.36. The van der Waals surface area contributed by atoms with E-state index in [2.05, 4.69) is 15.3 Å². The normalized spacial score (nSPS) is 12.2. The molecule has 7 heteroatoms. The van der Waals surface area contributed by atoms with Crippen LogP contribution < -0.4 is 10.7 Å². The van der Waals surface area contributed by atoms with Crippen LogP contribution in [-0.2, 0) is 0 Å². The average Bonchev–Trinajstić information content (AvgIpc) is 3.30. The fourth-order valence-electron chi connectivity index (χ4n) is 5.12. The van der Waals surface area contributed by atoms with Crippen LogP contribution in [0.15, 0.2) is 88.5 Å². The zero-order valence-electron chi connectivity index (χ0n) is 22.1. The second kappa shape index (κ2) is 9.51. The molecule has 6 nitrogen and oxygen atoms in total. The molecule has 6 rings (SSSR count). The molecule has 1 N–H and O–H groups in total. The van der Waals surface area contributed by atoms with E-state index < -0.39 is 0 Å². The number of aryl methyl sites for hydroxylation is 2. The molecule has 0 amide bonds. The maximum atomic E-state index is 14.6. The van der Waals surface area contributed by atoms with Gasteiger partial charge in [-0.2, -0.15) is 0 Å². The molecule has 1 atom stereocenters. The van der Waals surface area contributed by atoms with Crippen LogP contribution in [0.4, 0.5) is 10.1 Å². The van der Waals surface area contributed by atoms with Crippen molar-refractivity contribution in [3.05, 3.63) is 118 Å². The van der Waals surface area contributed by atoms with Crippen molar-refractivity contribution in [1.29, 1.82) is 0 Å². The Balaban J connectivity index is 1.48. The maximum absolute atomic E-state index is 14.6. The van der Waals surface area contributed by atoms with Crippen molar-refractivity contribution in [2.45, 2.75) is 33.7 Å². The molecular formula is C32H27FN4O2. The first-order valence-corrected chi connectivity index (χ1v) is 12.8. The van der Waals surface area contributed by atoms with Crippen molar-refractivity contribution in [2.75, 3.05) is 5.32 Å². The van der Waals surface area contributed by atoms with Crippen LogP contribution in [0.2, 0.25) is 0 Å². The molecule has 0 aliphatic rings. The number of fused-ring (bicyclic) bond motifs is 2. The number of hydrogen-bond donors (Lipinski definition) is 1. The molecule has 4 heterocycles. The zero-order chi connectivity index (χ0) is 27.3. The first-order valence-electron chi connectivity index (χ1n) is 12.8. The van der Waals surface area contributed by atoms with Gasteiger partial charge in [0.2, 0.25) is 0 Å². The molecule has 0 bridgehead atoms. The summed E-state index contributed by atoms with van der Waals surface area (Å²) in [4.78, 5) is 22.6. The molecule has 194 valence electrons. The Bertz CT molecular complexity index is 1940. The predicted molar refractivity (Wildman–Crippen MR) is 153 cm³/mol. The van der Waals surface area contributed by atoms with Gasteiger partial charge in [0, 0.05) is 40.8 Å². The molecule has 0 aliphatic carbocycles. The highest BCUT2D eigenvalue weighted by Crippen LogP contribution is 2.34. The van der Waals surface area contributed by atoms with E-state index in [0.29, 0.717) is 39.2 Å². The zero-order valence-corrected chi connectivity index (χ0v) is 22.1.